The van der Waals surface area contributed by atoms with Gasteiger partial charge in [-0.1, -0.05) is 136 Å². The molecule has 0 amide bonds. The highest BCUT2D eigenvalue weighted by Gasteiger charge is 1.87. The van der Waals surface area contributed by atoms with E-state index < -0.39 is 0 Å². The van der Waals surface area contributed by atoms with Crippen LogP contribution >= 0.6 is 0 Å². The maximum Gasteiger partial charge on any atom is -0.0233 e. The molecule has 0 unspecified atom stereocenters. The summed E-state index contributed by atoms with van der Waals surface area (Å²) < 4.78 is 0. The first-order valence-electron chi connectivity index (χ1n) is 9.77. The molecular formula is C29H35. The second-order valence-electron chi connectivity index (χ2n) is 6.29. The van der Waals surface area contributed by atoms with Crippen molar-refractivity contribution >= 4 is 18.2 Å². The van der Waals surface area contributed by atoms with Crippen molar-refractivity contribution in [2.75, 3.05) is 0 Å². The molecular weight excluding hydrogens is 348 g/mol. The van der Waals surface area contributed by atoms with Crippen molar-refractivity contribution in [2.45, 2.75) is 27.7 Å². The minimum atomic E-state index is 1.18. The molecule has 0 aliphatic heterocycles. The van der Waals surface area contributed by atoms with E-state index in [4.69, 9.17) is 0 Å². The third kappa shape index (κ3) is 11.3. The van der Waals surface area contributed by atoms with Crippen LogP contribution in [0, 0.1) is 27.7 Å². The molecule has 0 heterocycles. The minimum Gasteiger partial charge on any atom is -0.0985 e. The van der Waals surface area contributed by atoms with Gasteiger partial charge in [0, 0.05) is 0 Å². The van der Waals surface area contributed by atoms with Crippen molar-refractivity contribution < 1.29 is 0 Å². The summed E-state index contributed by atoms with van der Waals surface area (Å²) in [7, 11) is 0. The largest absolute Gasteiger partial charge is 0.0985 e. The molecule has 0 N–H and O–H groups in total. The number of hydrogen-bond acceptors (Lipinski definition) is 0. The molecule has 0 fully saturated rings. The van der Waals surface area contributed by atoms with E-state index in [1.165, 1.54) is 33.4 Å². The molecule has 1 radical (unpaired) electrons. The average molecular weight is 384 g/mol. The second kappa shape index (κ2) is 15.9. The van der Waals surface area contributed by atoms with E-state index in [2.05, 4.69) is 96.0 Å². The lowest BCUT2D eigenvalue weighted by atomic mass is 10.1. The zero-order valence-electron chi connectivity index (χ0n) is 18.5. The van der Waals surface area contributed by atoms with E-state index in [1.54, 1.807) is 6.92 Å². The highest BCUT2D eigenvalue weighted by atomic mass is 13.9. The van der Waals surface area contributed by atoms with Gasteiger partial charge in [-0.25, -0.2) is 0 Å². The van der Waals surface area contributed by atoms with Crippen molar-refractivity contribution in [3.8, 4) is 0 Å². The number of benzene rings is 3. The van der Waals surface area contributed by atoms with Gasteiger partial charge < -0.3 is 0 Å². The van der Waals surface area contributed by atoms with Crippen molar-refractivity contribution in [3.63, 3.8) is 0 Å². The van der Waals surface area contributed by atoms with Crippen molar-refractivity contribution in [2.24, 2.45) is 0 Å². The monoisotopic (exact) mass is 383 g/mol. The molecule has 29 heavy (non-hydrogen) atoms. The summed E-state index contributed by atoms with van der Waals surface area (Å²) in [5.41, 5.74) is 7.45. The van der Waals surface area contributed by atoms with Crippen molar-refractivity contribution in [1.82, 2.24) is 0 Å². The van der Waals surface area contributed by atoms with E-state index in [9.17, 15) is 0 Å². The summed E-state index contributed by atoms with van der Waals surface area (Å²) in [6.07, 6.45) is 5.57. The van der Waals surface area contributed by atoms with E-state index >= 15 is 0 Å². The maximum absolute atomic E-state index is 3.69. The van der Waals surface area contributed by atoms with Crippen LogP contribution in [0.15, 0.2) is 92.5 Å². The van der Waals surface area contributed by atoms with Gasteiger partial charge in [-0.2, -0.15) is 0 Å². The van der Waals surface area contributed by atoms with E-state index in [0.717, 1.165) is 0 Å². The molecule has 0 heteroatoms. The molecule has 151 valence electrons. The van der Waals surface area contributed by atoms with Gasteiger partial charge in [0.25, 0.3) is 0 Å². The molecule has 0 saturated heterocycles. The molecule has 0 aliphatic carbocycles. The lowest BCUT2D eigenvalue weighted by Gasteiger charge is -1.95. The van der Waals surface area contributed by atoms with Gasteiger partial charge in [0.2, 0.25) is 0 Å². The Hall–Kier alpha value is -3.12. The van der Waals surface area contributed by atoms with Crippen molar-refractivity contribution in [3.05, 3.63) is 133 Å². The van der Waals surface area contributed by atoms with Crippen LogP contribution in [0.1, 0.15) is 40.3 Å². The standard InChI is InChI=1S/3C9H10.C2H5/c1-3-9-6-4-8(2)5-7-9;1-3-9-6-4-5-8(2)7-9;1-3-9-7-5-4-6-8(9)2;1-2/h3*3-7H,1H2,2H3;1H2,2H3. The molecule has 0 nitrogen and oxygen atoms in total. The Labute approximate surface area is 179 Å². The predicted molar refractivity (Wildman–Crippen MR) is 135 cm³/mol. The minimum absolute atomic E-state index is 1.18. The van der Waals surface area contributed by atoms with Crippen LogP contribution in [0.5, 0.6) is 0 Å². The highest BCUT2D eigenvalue weighted by Crippen LogP contribution is 2.07. The molecule has 0 saturated carbocycles. The third-order valence-corrected chi connectivity index (χ3v) is 4.00. The fourth-order valence-corrected chi connectivity index (χ4v) is 2.32. The number of aryl methyl sites for hydroxylation is 3. The Morgan fingerprint density at radius 3 is 1.55 bits per heavy atom. The molecule has 3 rings (SSSR count). The van der Waals surface area contributed by atoms with Crippen LogP contribution in [0.2, 0.25) is 0 Å². The molecule has 3 aromatic carbocycles. The predicted octanol–water partition coefficient (Wildman–Crippen LogP) is 8.75. The first-order valence-corrected chi connectivity index (χ1v) is 9.77. The molecule has 0 bridgehead atoms. The van der Waals surface area contributed by atoms with E-state index in [1.807, 2.05) is 42.5 Å². The topological polar surface area (TPSA) is 0 Å². The van der Waals surface area contributed by atoms with Crippen LogP contribution in [0.3, 0.4) is 0 Å². The van der Waals surface area contributed by atoms with E-state index in [-0.39, 0.29) is 0 Å². The lowest BCUT2D eigenvalue weighted by Crippen LogP contribution is -1.75. The molecule has 0 atom stereocenters. The summed E-state index contributed by atoms with van der Waals surface area (Å²) in [6.45, 7) is 22.3. The summed E-state index contributed by atoms with van der Waals surface area (Å²) in [5, 5.41) is 0. The molecule has 0 spiro atoms. The van der Waals surface area contributed by atoms with Gasteiger partial charge in [0.1, 0.15) is 0 Å². The zero-order chi connectivity index (χ0) is 22.1. The maximum atomic E-state index is 3.69. The Morgan fingerprint density at radius 1 is 0.552 bits per heavy atom. The SMILES string of the molecule is C=Cc1ccc(C)cc1.C=Cc1cccc(C)c1.C=Cc1ccccc1C.[CH2]C. The Balaban J connectivity index is 0.000000388. The van der Waals surface area contributed by atoms with Gasteiger partial charge in [0.05, 0.1) is 0 Å². The van der Waals surface area contributed by atoms with E-state index in [0.29, 0.717) is 0 Å². The number of rotatable bonds is 3. The summed E-state index contributed by atoms with van der Waals surface area (Å²) in [5.74, 6) is 0. The Bertz CT molecular complexity index is 851. The van der Waals surface area contributed by atoms with Crippen LogP contribution < -0.4 is 0 Å². The normalized spacial score (nSPS) is 8.59. The summed E-state index contributed by atoms with van der Waals surface area (Å²) in [4.78, 5) is 0. The second-order valence-corrected chi connectivity index (χ2v) is 6.29. The number of hydrogen-bond donors (Lipinski definition) is 0. The average Bonchev–Trinajstić information content (AvgIpc) is 2.77. The Morgan fingerprint density at radius 2 is 1.14 bits per heavy atom. The first-order chi connectivity index (χ1) is 14.0. The smallest absolute Gasteiger partial charge is 0.0233 e. The van der Waals surface area contributed by atoms with Gasteiger partial charge in [-0.15, -0.1) is 0 Å². The van der Waals surface area contributed by atoms with Crippen LogP contribution in [0.4, 0.5) is 0 Å². The third-order valence-electron chi connectivity index (χ3n) is 4.00. The molecule has 3 aromatic rings. The van der Waals surface area contributed by atoms with Gasteiger partial charge >= 0.3 is 0 Å². The van der Waals surface area contributed by atoms with Crippen LogP contribution in [0.25, 0.3) is 18.2 Å². The molecule has 0 aliphatic rings. The zero-order valence-corrected chi connectivity index (χ0v) is 18.5. The van der Waals surface area contributed by atoms with Gasteiger partial charge in [-0.05, 0) is 43.0 Å². The van der Waals surface area contributed by atoms with Crippen LogP contribution in [-0.2, 0) is 0 Å². The van der Waals surface area contributed by atoms with Gasteiger partial charge in [-0.3, -0.25) is 0 Å². The highest BCUT2D eigenvalue weighted by molar-refractivity contribution is 5.51. The fourth-order valence-electron chi connectivity index (χ4n) is 2.32. The Kier molecular flexibility index (Phi) is 14.2. The van der Waals surface area contributed by atoms with Crippen LogP contribution in [-0.4, -0.2) is 0 Å². The van der Waals surface area contributed by atoms with Gasteiger partial charge in [0.15, 0.2) is 0 Å². The first kappa shape index (κ1) is 25.9. The quantitative estimate of drug-likeness (QED) is 0.424. The molecule has 0 aromatic heterocycles. The fraction of sp³-hybridized carbons (Fsp3) is 0.138. The van der Waals surface area contributed by atoms with Crippen molar-refractivity contribution in [1.29, 1.82) is 0 Å². The summed E-state index contributed by atoms with van der Waals surface area (Å²) in [6, 6.07) is 24.7. The summed E-state index contributed by atoms with van der Waals surface area (Å²) >= 11 is 0. The lowest BCUT2D eigenvalue weighted by molar-refractivity contribution is 1.45.